The SMILES string of the molecule is CC(C)=C=CO[C@@H]1CO[C@@H](c2ccccc2)O[C@H]1COC(c1ccccc1)(c1ccccc1)c1ccccc1. The molecule has 4 heteroatoms. The summed E-state index contributed by atoms with van der Waals surface area (Å²) >= 11 is 0. The molecule has 1 saturated heterocycles. The summed E-state index contributed by atoms with van der Waals surface area (Å²) in [5, 5.41) is 0. The summed E-state index contributed by atoms with van der Waals surface area (Å²) in [6.45, 7) is 4.60. The van der Waals surface area contributed by atoms with Crippen molar-refractivity contribution in [1.29, 1.82) is 0 Å². The van der Waals surface area contributed by atoms with Gasteiger partial charge in [0.2, 0.25) is 0 Å². The zero-order chi connectivity index (χ0) is 26.9. The molecule has 0 spiro atoms. The van der Waals surface area contributed by atoms with Gasteiger partial charge in [-0.15, -0.1) is 0 Å². The van der Waals surface area contributed by atoms with E-state index < -0.39 is 18.0 Å². The van der Waals surface area contributed by atoms with Crippen LogP contribution in [-0.2, 0) is 24.5 Å². The summed E-state index contributed by atoms with van der Waals surface area (Å²) in [6.07, 6.45) is 0.333. The molecule has 1 heterocycles. The van der Waals surface area contributed by atoms with E-state index in [0.29, 0.717) is 6.61 Å². The minimum atomic E-state index is -0.853. The minimum Gasteiger partial charge on any atom is -0.485 e. The first kappa shape index (κ1) is 26.7. The average Bonchev–Trinajstić information content (AvgIpc) is 3.00. The maximum atomic E-state index is 7.07. The van der Waals surface area contributed by atoms with Crippen molar-refractivity contribution < 1.29 is 18.9 Å². The maximum Gasteiger partial charge on any atom is 0.184 e. The highest BCUT2D eigenvalue weighted by atomic mass is 16.7. The van der Waals surface area contributed by atoms with E-state index in [2.05, 4.69) is 42.1 Å². The molecular weight excluding hydrogens is 484 g/mol. The average molecular weight is 519 g/mol. The fourth-order valence-corrected chi connectivity index (χ4v) is 4.85. The molecule has 4 aromatic carbocycles. The maximum absolute atomic E-state index is 7.07. The molecule has 0 amide bonds. The van der Waals surface area contributed by atoms with Crippen molar-refractivity contribution in [1.82, 2.24) is 0 Å². The summed E-state index contributed by atoms with van der Waals surface area (Å²) in [5.41, 5.74) is 7.37. The van der Waals surface area contributed by atoms with Crippen molar-refractivity contribution in [3.05, 3.63) is 161 Å². The molecule has 1 fully saturated rings. The summed E-state index contributed by atoms with van der Waals surface area (Å²) in [6, 6.07) is 41.0. The van der Waals surface area contributed by atoms with Crippen LogP contribution in [0.4, 0.5) is 0 Å². The van der Waals surface area contributed by atoms with Crippen molar-refractivity contribution >= 4 is 0 Å². The van der Waals surface area contributed by atoms with E-state index in [0.717, 1.165) is 27.8 Å². The lowest BCUT2D eigenvalue weighted by Gasteiger charge is -2.40. The van der Waals surface area contributed by atoms with Gasteiger partial charge in [0.1, 0.15) is 18.0 Å². The summed E-state index contributed by atoms with van der Waals surface area (Å²) < 4.78 is 25.8. The van der Waals surface area contributed by atoms with Crippen LogP contribution in [0.5, 0.6) is 0 Å². The lowest BCUT2D eigenvalue weighted by atomic mass is 9.80. The Hall–Kier alpha value is -3.92. The first-order chi connectivity index (χ1) is 19.2. The molecule has 198 valence electrons. The largest absolute Gasteiger partial charge is 0.485 e. The predicted molar refractivity (Wildman–Crippen MR) is 153 cm³/mol. The highest BCUT2D eigenvalue weighted by Crippen LogP contribution is 2.41. The third-order valence-corrected chi connectivity index (χ3v) is 6.79. The van der Waals surface area contributed by atoms with Crippen LogP contribution in [0.2, 0.25) is 0 Å². The normalized spacial score (nSPS) is 19.1. The second-order valence-corrected chi connectivity index (χ2v) is 9.78. The number of rotatable bonds is 9. The van der Waals surface area contributed by atoms with E-state index in [1.807, 2.05) is 98.8 Å². The van der Waals surface area contributed by atoms with Crippen LogP contribution in [0.1, 0.15) is 42.4 Å². The monoisotopic (exact) mass is 518 g/mol. The van der Waals surface area contributed by atoms with Crippen LogP contribution in [0.25, 0.3) is 0 Å². The van der Waals surface area contributed by atoms with Crippen LogP contribution in [0.15, 0.2) is 139 Å². The van der Waals surface area contributed by atoms with Gasteiger partial charge in [-0.25, -0.2) is 0 Å². The second-order valence-electron chi connectivity index (χ2n) is 9.78. The van der Waals surface area contributed by atoms with Gasteiger partial charge in [0, 0.05) is 5.56 Å². The number of ether oxygens (including phenoxy) is 4. The van der Waals surface area contributed by atoms with Crippen LogP contribution in [0, 0.1) is 0 Å². The molecule has 1 aliphatic heterocycles. The Morgan fingerprint density at radius 1 is 0.769 bits per heavy atom. The van der Waals surface area contributed by atoms with E-state index in [4.69, 9.17) is 18.9 Å². The molecule has 0 radical (unpaired) electrons. The summed E-state index contributed by atoms with van der Waals surface area (Å²) in [4.78, 5) is 0. The van der Waals surface area contributed by atoms with E-state index in [-0.39, 0.29) is 12.7 Å². The molecule has 0 unspecified atom stereocenters. The van der Waals surface area contributed by atoms with Crippen molar-refractivity contribution in [3.8, 4) is 0 Å². The number of benzene rings is 4. The van der Waals surface area contributed by atoms with Gasteiger partial charge in [-0.3, -0.25) is 0 Å². The smallest absolute Gasteiger partial charge is 0.184 e. The van der Waals surface area contributed by atoms with Crippen molar-refractivity contribution in [2.45, 2.75) is 37.9 Å². The highest BCUT2D eigenvalue weighted by molar-refractivity contribution is 5.47. The third kappa shape index (κ3) is 6.22. The van der Waals surface area contributed by atoms with Crippen molar-refractivity contribution in [2.24, 2.45) is 0 Å². The van der Waals surface area contributed by atoms with E-state index in [9.17, 15) is 0 Å². The van der Waals surface area contributed by atoms with Crippen LogP contribution in [-0.4, -0.2) is 25.4 Å². The molecule has 3 atom stereocenters. The number of hydrogen-bond donors (Lipinski definition) is 0. The van der Waals surface area contributed by atoms with E-state index in [1.165, 1.54) is 0 Å². The van der Waals surface area contributed by atoms with Gasteiger partial charge in [-0.2, -0.15) is 0 Å². The summed E-state index contributed by atoms with van der Waals surface area (Å²) in [7, 11) is 0. The standard InChI is InChI=1S/C35H34O4/c1-27(2)23-24-36-32-25-37-34(28-15-7-3-8-16-28)39-33(32)26-38-35(29-17-9-4-10-18-29,30-19-11-5-12-20-30)31-21-13-6-14-22-31/h3-22,24,32-34H,25-26H2,1-2H3/t32-,33+,34-/m1/s1. The zero-order valence-electron chi connectivity index (χ0n) is 22.4. The number of allylic oxidation sites excluding steroid dienone is 1. The molecule has 39 heavy (non-hydrogen) atoms. The molecule has 0 saturated carbocycles. The molecule has 4 aromatic rings. The molecule has 0 aromatic heterocycles. The first-order valence-electron chi connectivity index (χ1n) is 13.3. The Bertz CT molecular complexity index is 1260. The highest BCUT2D eigenvalue weighted by Gasteiger charge is 2.41. The fourth-order valence-electron chi connectivity index (χ4n) is 4.85. The molecule has 0 bridgehead atoms. The van der Waals surface area contributed by atoms with Crippen molar-refractivity contribution in [2.75, 3.05) is 13.2 Å². The molecule has 4 nitrogen and oxygen atoms in total. The Labute approximate surface area is 231 Å². The predicted octanol–water partition coefficient (Wildman–Crippen LogP) is 7.57. The Morgan fingerprint density at radius 3 is 1.74 bits per heavy atom. The van der Waals surface area contributed by atoms with Gasteiger partial charge in [-0.05, 0) is 36.1 Å². The molecule has 1 aliphatic rings. The topological polar surface area (TPSA) is 36.9 Å². The van der Waals surface area contributed by atoms with Crippen LogP contribution in [0.3, 0.4) is 0 Å². The molecule has 5 rings (SSSR count). The lowest BCUT2D eigenvalue weighted by molar-refractivity contribution is -0.270. The van der Waals surface area contributed by atoms with Crippen LogP contribution < -0.4 is 0 Å². The fraction of sp³-hybridized carbons (Fsp3) is 0.229. The van der Waals surface area contributed by atoms with E-state index >= 15 is 0 Å². The van der Waals surface area contributed by atoms with Gasteiger partial charge in [0.25, 0.3) is 0 Å². The van der Waals surface area contributed by atoms with Gasteiger partial charge in [-0.1, -0.05) is 127 Å². The second kappa shape index (κ2) is 12.8. The number of hydrogen-bond acceptors (Lipinski definition) is 4. The van der Waals surface area contributed by atoms with E-state index in [1.54, 1.807) is 6.26 Å². The van der Waals surface area contributed by atoms with Gasteiger partial charge >= 0.3 is 0 Å². The van der Waals surface area contributed by atoms with Crippen molar-refractivity contribution in [3.63, 3.8) is 0 Å². The Kier molecular flexibility index (Phi) is 8.72. The molecule has 0 N–H and O–H groups in total. The quantitative estimate of drug-likeness (QED) is 0.130. The van der Waals surface area contributed by atoms with Gasteiger partial charge in [0.15, 0.2) is 12.4 Å². The van der Waals surface area contributed by atoms with Gasteiger partial charge < -0.3 is 18.9 Å². The zero-order valence-corrected chi connectivity index (χ0v) is 22.4. The van der Waals surface area contributed by atoms with Crippen LogP contribution >= 0.6 is 0 Å². The molecular formula is C35H34O4. The summed E-state index contributed by atoms with van der Waals surface area (Å²) in [5.74, 6) is 0. The first-order valence-corrected chi connectivity index (χ1v) is 13.3. The third-order valence-electron chi connectivity index (χ3n) is 6.79. The molecule has 0 aliphatic carbocycles. The lowest BCUT2D eigenvalue weighted by Crippen LogP contribution is -2.46. The minimum absolute atomic E-state index is 0.276. The Balaban J connectivity index is 1.53. The van der Waals surface area contributed by atoms with Gasteiger partial charge in [0.05, 0.1) is 13.2 Å². The Morgan fingerprint density at radius 2 is 1.26 bits per heavy atom.